The van der Waals surface area contributed by atoms with Crippen LogP contribution in [0, 0.1) is 11.7 Å². The second kappa shape index (κ2) is 13.1. The molecule has 3 aromatic heterocycles. The van der Waals surface area contributed by atoms with E-state index in [0.29, 0.717) is 25.5 Å². The molecule has 4 rings (SSSR count). The molecule has 0 aliphatic carbocycles. The van der Waals surface area contributed by atoms with Crippen LogP contribution in [0.4, 0.5) is 4.39 Å². The van der Waals surface area contributed by atoms with Gasteiger partial charge in [0.05, 0.1) is 46.5 Å². The molecule has 0 bridgehead atoms. The summed E-state index contributed by atoms with van der Waals surface area (Å²) in [5, 5.41) is 18.0. The number of ether oxygens (including phenoxy) is 4. The number of carboxylic acids is 2. The van der Waals surface area contributed by atoms with Gasteiger partial charge in [-0.05, 0) is 12.1 Å². The van der Waals surface area contributed by atoms with Gasteiger partial charge in [-0.2, -0.15) is 0 Å². The maximum absolute atomic E-state index is 15.4. The highest BCUT2D eigenvalue weighted by Gasteiger charge is 2.22. The number of aromatic nitrogens is 1. The van der Waals surface area contributed by atoms with Gasteiger partial charge < -0.3 is 29.2 Å². The number of nitrogens with zero attached hydrogens (tertiary/aromatic N) is 1. The number of carbonyl (C=O) groups is 4. The van der Waals surface area contributed by atoms with E-state index in [1.165, 1.54) is 38.5 Å². The van der Waals surface area contributed by atoms with Gasteiger partial charge in [0.1, 0.15) is 13.2 Å². The molecule has 0 saturated carbocycles. The number of rotatable bonds is 15. The summed E-state index contributed by atoms with van der Waals surface area (Å²) in [6, 6.07) is 6.13. The van der Waals surface area contributed by atoms with Crippen LogP contribution in [0.15, 0.2) is 24.3 Å². The van der Waals surface area contributed by atoms with E-state index in [4.69, 9.17) is 29.2 Å². The maximum atomic E-state index is 15.4. The number of benzene rings is 1. The van der Waals surface area contributed by atoms with Gasteiger partial charge in [0.25, 0.3) is 5.88 Å². The number of carboxylic acid groups (broad SMARTS) is 2. The van der Waals surface area contributed by atoms with Crippen LogP contribution in [0.3, 0.4) is 0 Å². The summed E-state index contributed by atoms with van der Waals surface area (Å²) in [5.41, 5.74) is 0.465. The summed E-state index contributed by atoms with van der Waals surface area (Å²) >= 11 is 2.21. The van der Waals surface area contributed by atoms with Crippen molar-refractivity contribution in [3.63, 3.8) is 0 Å². The van der Waals surface area contributed by atoms with E-state index in [-0.39, 0.29) is 65.9 Å². The summed E-state index contributed by atoms with van der Waals surface area (Å²) in [6.07, 6.45) is -0.658. The van der Waals surface area contributed by atoms with Crippen molar-refractivity contribution < 1.29 is 52.7 Å². The lowest BCUT2D eigenvalue weighted by molar-refractivity contribution is -0.141. The van der Waals surface area contributed by atoms with Gasteiger partial charge in [0.15, 0.2) is 34.6 Å². The summed E-state index contributed by atoms with van der Waals surface area (Å²) in [7, 11) is 2.78. The number of Topliss-reactive ketones (excluding diaryl/α,β-unsaturated/α-hetero) is 2. The van der Waals surface area contributed by atoms with Crippen LogP contribution in [0.1, 0.15) is 45.5 Å². The Morgan fingerprint density at radius 1 is 0.881 bits per heavy atom. The fraction of sp³-hybridized carbons (Fsp3) is 0.321. The molecule has 14 heteroatoms. The third-order valence-corrected chi connectivity index (χ3v) is 8.39. The Kier molecular flexibility index (Phi) is 9.58. The first-order valence-corrected chi connectivity index (χ1v) is 14.2. The molecule has 0 spiro atoms. The van der Waals surface area contributed by atoms with Crippen molar-refractivity contribution >= 4 is 66.5 Å². The molecule has 0 aliphatic rings. The van der Waals surface area contributed by atoms with Crippen LogP contribution in [0.5, 0.6) is 23.1 Å². The zero-order valence-corrected chi connectivity index (χ0v) is 24.4. The normalized spacial score (nSPS) is 11.8. The molecule has 3 heterocycles. The van der Waals surface area contributed by atoms with Crippen LogP contribution >= 0.6 is 22.7 Å². The molecule has 4 aromatic rings. The highest BCUT2D eigenvalue weighted by molar-refractivity contribution is 7.21. The molecule has 11 nitrogen and oxygen atoms in total. The second-order valence-corrected chi connectivity index (χ2v) is 11.3. The zero-order valence-electron chi connectivity index (χ0n) is 22.7. The van der Waals surface area contributed by atoms with Gasteiger partial charge in [-0.3, -0.25) is 19.2 Å². The third kappa shape index (κ3) is 6.77. The topological polar surface area (TPSA) is 159 Å². The number of methoxy groups -OCH3 is 2. The van der Waals surface area contributed by atoms with E-state index in [0.717, 1.165) is 11.3 Å². The summed E-state index contributed by atoms with van der Waals surface area (Å²) in [4.78, 5) is 51.8. The molecule has 1 atom stereocenters. The molecule has 0 radical (unpaired) electrons. The predicted octanol–water partition coefficient (Wildman–Crippen LogP) is 5.47. The van der Waals surface area contributed by atoms with E-state index in [1.54, 1.807) is 18.2 Å². The molecule has 2 N–H and O–H groups in total. The Bertz CT molecular complexity index is 1680. The third-order valence-electron chi connectivity index (χ3n) is 6.15. The fourth-order valence-electron chi connectivity index (χ4n) is 3.93. The van der Waals surface area contributed by atoms with Gasteiger partial charge in [-0.1, -0.05) is 6.92 Å². The standard InChI is InChI=1S/C28H26FNO10S2/c1-13(28(35)36)8-17(32)23-10-15-21(42-23)12-19(38-3)27(30-15)40-7-6-39-26-18(37-2)11-20-14(25(26)29)9-22(41-20)16(31)4-5-24(33)34/h9-13H,4-8H2,1-3H3,(H,33,34)(H,35,36)/t13-/m0/s1. The number of ketones is 2. The number of hydrogen-bond donors (Lipinski definition) is 2. The first kappa shape index (κ1) is 30.7. The fourth-order valence-corrected chi connectivity index (χ4v) is 5.97. The summed E-state index contributed by atoms with van der Waals surface area (Å²) in [5.74, 6) is -4.06. The van der Waals surface area contributed by atoms with Crippen LogP contribution in [-0.4, -0.2) is 66.1 Å². The molecule has 1 aromatic carbocycles. The van der Waals surface area contributed by atoms with Crippen molar-refractivity contribution in [1.82, 2.24) is 4.98 Å². The van der Waals surface area contributed by atoms with Crippen molar-refractivity contribution in [2.45, 2.75) is 26.2 Å². The quantitative estimate of drug-likeness (QED) is 0.128. The largest absolute Gasteiger partial charge is 0.493 e. The maximum Gasteiger partial charge on any atom is 0.306 e. The van der Waals surface area contributed by atoms with Crippen molar-refractivity contribution in [3.05, 3.63) is 39.8 Å². The lowest BCUT2D eigenvalue weighted by atomic mass is 10.0. The Morgan fingerprint density at radius 2 is 1.52 bits per heavy atom. The van der Waals surface area contributed by atoms with Crippen molar-refractivity contribution in [3.8, 4) is 23.1 Å². The zero-order chi connectivity index (χ0) is 30.6. The Hall–Kier alpha value is -4.30. The number of aliphatic carboxylic acids is 2. The van der Waals surface area contributed by atoms with Gasteiger partial charge >= 0.3 is 11.9 Å². The van der Waals surface area contributed by atoms with Crippen molar-refractivity contribution in [2.24, 2.45) is 5.92 Å². The van der Waals surface area contributed by atoms with Crippen LogP contribution < -0.4 is 18.9 Å². The van der Waals surface area contributed by atoms with Crippen molar-refractivity contribution in [1.29, 1.82) is 0 Å². The lowest BCUT2D eigenvalue weighted by Gasteiger charge is -2.13. The number of carbonyl (C=O) groups excluding carboxylic acids is 2. The minimum Gasteiger partial charge on any atom is -0.493 e. The van der Waals surface area contributed by atoms with E-state index in [1.807, 2.05) is 0 Å². The van der Waals surface area contributed by atoms with E-state index >= 15 is 4.39 Å². The molecule has 0 unspecified atom stereocenters. The predicted molar refractivity (Wildman–Crippen MR) is 152 cm³/mol. The Morgan fingerprint density at radius 3 is 2.19 bits per heavy atom. The minimum absolute atomic E-state index is 0.0654. The van der Waals surface area contributed by atoms with E-state index in [2.05, 4.69) is 4.98 Å². The van der Waals surface area contributed by atoms with Gasteiger partial charge in [0.2, 0.25) is 0 Å². The van der Waals surface area contributed by atoms with E-state index in [9.17, 15) is 19.2 Å². The second-order valence-electron chi connectivity index (χ2n) is 9.11. The highest BCUT2D eigenvalue weighted by Crippen LogP contribution is 2.40. The van der Waals surface area contributed by atoms with Gasteiger partial charge in [-0.25, -0.2) is 9.37 Å². The Labute approximate surface area is 246 Å². The summed E-state index contributed by atoms with van der Waals surface area (Å²) in [6.45, 7) is 1.28. The molecule has 0 aliphatic heterocycles. The average Bonchev–Trinajstić information content (AvgIpc) is 3.58. The molecular formula is C28H26FNO10S2. The summed E-state index contributed by atoms with van der Waals surface area (Å²) < 4.78 is 38.5. The molecule has 222 valence electrons. The SMILES string of the molecule is COc1cc2sc(C(=O)C[C@H](C)C(=O)O)cc2nc1OCCOc1c(OC)cc2sc(C(=O)CCC(=O)O)cc2c1F. The number of hydrogen-bond acceptors (Lipinski definition) is 11. The van der Waals surface area contributed by atoms with Crippen LogP contribution in [-0.2, 0) is 9.59 Å². The lowest BCUT2D eigenvalue weighted by Crippen LogP contribution is -2.14. The molecule has 0 amide bonds. The first-order valence-electron chi connectivity index (χ1n) is 12.6. The van der Waals surface area contributed by atoms with Crippen molar-refractivity contribution in [2.75, 3.05) is 27.4 Å². The first-order chi connectivity index (χ1) is 20.0. The number of thiophene rings is 2. The molecule has 0 fully saturated rings. The molecule has 42 heavy (non-hydrogen) atoms. The Balaban J connectivity index is 1.46. The number of fused-ring (bicyclic) bond motifs is 2. The minimum atomic E-state index is -1.10. The number of pyridine rings is 1. The average molecular weight is 620 g/mol. The van der Waals surface area contributed by atoms with E-state index < -0.39 is 29.5 Å². The molecule has 0 saturated heterocycles. The van der Waals surface area contributed by atoms with Gasteiger partial charge in [0, 0.05) is 35.1 Å². The smallest absolute Gasteiger partial charge is 0.306 e. The monoisotopic (exact) mass is 619 g/mol. The van der Waals surface area contributed by atoms with Crippen LogP contribution in [0.2, 0.25) is 0 Å². The van der Waals surface area contributed by atoms with Crippen LogP contribution in [0.25, 0.3) is 20.3 Å². The number of halogens is 1. The highest BCUT2D eigenvalue weighted by atomic mass is 32.1. The molecular weight excluding hydrogens is 593 g/mol. The van der Waals surface area contributed by atoms with Gasteiger partial charge in [-0.15, -0.1) is 22.7 Å².